The number of amides is 1. The molecule has 2 aromatic carbocycles. The van der Waals surface area contributed by atoms with Gasteiger partial charge in [-0.25, -0.2) is 9.79 Å². The average Bonchev–Trinajstić information content (AvgIpc) is 3.21. The molecule has 2 heterocycles. The summed E-state index contributed by atoms with van der Waals surface area (Å²) in [5.41, 5.74) is 3.26. The van der Waals surface area contributed by atoms with E-state index in [-0.39, 0.29) is 23.8 Å². The van der Waals surface area contributed by atoms with E-state index in [1.807, 2.05) is 48.5 Å². The van der Waals surface area contributed by atoms with E-state index < -0.39 is 11.9 Å². The molecule has 0 atom stereocenters. The van der Waals surface area contributed by atoms with Crippen LogP contribution in [0.25, 0.3) is 11.3 Å². The first-order chi connectivity index (χ1) is 15.1. The van der Waals surface area contributed by atoms with Gasteiger partial charge in [0.05, 0.1) is 18.0 Å². The van der Waals surface area contributed by atoms with Crippen LogP contribution >= 0.6 is 0 Å². The first-order valence-electron chi connectivity index (χ1n) is 9.73. The Morgan fingerprint density at radius 3 is 2.61 bits per heavy atom. The van der Waals surface area contributed by atoms with Crippen molar-refractivity contribution in [1.82, 2.24) is 10.5 Å². The minimum atomic E-state index is -0.595. The van der Waals surface area contributed by atoms with Crippen LogP contribution in [0.15, 0.2) is 81.4 Å². The molecule has 0 radical (unpaired) electrons. The summed E-state index contributed by atoms with van der Waals surface area (Å²) in [6, 6.07) is 18.2. The number of amidine groups is 1. The highest BCUT2D eigenvalue weighted by atomic mass is 16.5. The Hall–Kier alpha value is -4.20. The largest absolute Gasteiger partial charge is 0.462 e. The number of hydrogen-bond donors (Lipinski definition) is 2. The molecule has 0 saturated carbocycles. The SMILES string of the molecule is CCOC(=O)C1=C(C)Nc2ccccc2N=C1NC(=O)c1cc(-c2ccccc2)no1. The normalized spacial score (nSPS) is 12.9. The monoisotopic (exact) mass is 416 g/mol. The van der Waals surface area contributed by atoms with Gasteiger partial charge >= 0.3 is 5.97 Å². The zero-order valence-electron chi connectivity index (χ0n) is 17.0. The zero-order valence-corrected chi connectivity index (χ0v) is 17.0. The molecule has 1 aromatic heterocycles. The summed E-state index contributed by atoms with van der Waals surface area (Å²) in [6.45, 7) is 3.62. The van der Waals surface area contributed by atoms with Crippen LogP contribution < -0.4 is 10.6 Å². The van der Waals surface area contributed by atoms with E-state index in [4.69, 9.17) is 9.26 Å². The Bertz CT molecular complexity index is 1200. The predicted octanol–water partition coefficient (Wildman–Crippen LogP) is 4.06. The Balaban J connectivity index is 1.68. The van der Waals surface area contributed by atoms with Gasteiger partial charge < -0.3 is 19.9 Å². The van der Waals surface area contributed by atoms with Crippen LogP contribution in [-0.4, -0.2) is 29.5 Å². The second-order valence-electron chi connectivity index (χ2n) is 6.72. The van der Waals surface area contributed by atoms with Crippen molar-refractivity contribution >= 4 is 29.1 Å². The van der Waals surface area contributed by atoms with E-state index >= 15 is 0 Å². The summed E-state index contributed by atoms with van der Waals surface area (Å²) < 4.78 is 10.4. The minimum Gasteiger partial charge on any atom is -0.462 e. The number of ether oxygens (including phenoxy) is 1. The van der Waals surface area contributed by atoms with Gasteiger partial charge in [-0.15, -0.1) is 0 Å². The van der Waals surface area contributed by atoms with Crippen LogP contribution in [0.3, 0.4) is 0 Å². The maximum atomic E-state index is 12.9. The molecule has 1 amide bonds. The maximum Gasteiger partial charge on any atom is 0.343 e. The standard InChI is InChI=1S/C23H20N4O4/c1-3-30-23(29)20-14(2)24-16-11-7-8-12-17(16)25-21(20)26-22(28)19-13-18(27-31-19)15-9-5-4-6-10-15/h4-13,24H,3H2,1-2H3,(H,25,26,28). The molecule has 31 heavy (non-hydrogen) atoms. The lowest BCUT2D eigenvalue weighted by Crippen LogP contribution is -2.35. The van der Waals surface area contributed by atoms with Gasteiger partial charge in [0.1, 0.15) is 17.1 Å². The molecule has 8 nitrogen and oxygen atoms in total. The van der Waals surface area contributed by atoms with Crippen LogP contribution in [0.4, 0.5) is 11.4 Å². The lowest BCUT2D eigenvalue weighted by atomic mass is 10.1. The van der Waals surface area contributed by atoms with Crippen molar-refractivity contribution in [3.63, 3.8) is 0 Å². The second-order valence-corrected chi connectivity index (χ2v) is 6.72. The van der Waals surface area contributed by atoms with Crippen LogP contribution in [0, 0.1) is 0 Å². The molecule has 8 heteroatoms. The topological polar surface area (TPSA) is 106 Å². The van der Waals surface area contributed by atoms with Crippen molar-refractivity contribution in [3.05, 3.63) is 77.7 Å². The number of hydrogen-bond acceptors (Lipinski definition) is 7. The molecule has 0 unspecified atom stereocenters. The molecule has 156 valence electrons. The number of fused-ring (bicyclic) bond motifs is 1. The summed E-state index contributed by atoms with van der Waals surface area (Å²) in [7, 11) is 0. The number of carbonyl (C=O) groups is 2. The van der Waals surface area contributed by atoms with E-state index in [9.17, 15) is 9.59 Å². The number of nitrogens with one attached hydrogen (secondary N) is 2. The first kappa shape index (κ1) is 20.1. The Morgan fingerprint density at radius 1 is 1.10 bits per heavy atom. The van der Waals surface area contributed by atoms with Crippen LogP contribution in [-0.2, 0) is 9.53 Å². The quantitative estimate of drug-likeness (QED) is 0.621. The number of anilines is 1. The lowest BCUT2D eigenvalue weighted by Gasteiger charge is -2.12. The van der Waals surface area contributed by atoms with Gasteiger partial charge in [-0.3, -0.25) is 4.79 Å². The third-order valence-corrected chi connectivity index (χ3v) is 4.59. The van der Waals surface area contributed by atoms with E-state index in [1.165, 1.54) is 6.07 Å². The smallest absolute Gasteiger partial charge is 0.343 e. The van der Waals surface area contributed by atoms with Crippen molar-refractivity contribution in [2.24, 2.45) is 4.99 Å². The van der Waals surface area contributed by atoms with Gasteiger partial charge in [0.2, 0.25) is 5.76 Å². The summed E-state index contributed by atoms with van der Waals surface area (Å²) in [4.78, 5) is 30.0. The first-order valence-corrected chi connectivity index (χ1v) is 9.73. The molecule has 0 spiro atoms. The van der Waals surface area contributed by atoms with Gasteiger partial charge in [0.15, 0.2) is 0 Å². The van der Waals surface area contributed by atoms with E-state index in [0.29, 0.717) is 22.8 Å². The summed E-state index contributed by atoms with van der Waals surface area (Å²) in [6.07, 6.45) is 0. The molecule has 3 aromatic rings. The van der Waals surface area contributed by atoms with Gasteiger partial charge in [0.25, 0.3) is 5.91 Å². The van der Waals surface area contributed by atoms with Gasteiger partial charge in [0, 0.05) is 17.3 Å². The number of rotatable bonds is 4. The number of aliphatic imine (C=N–C) groups is 1. The molecular weight excluding hydrogens is 396 g/mol. The predicted molar refractivity (Wildman–Crippen MR) is 116 cm³/mol. The molecule has 4 rings (SSSR count). The van der Waals surface area contributed by atoms with Crippen LogP contribution in [0.1, 0.15) is 24.4 Å². The molecule has 0 fully saturated rings. The summed E-state index contributed by atoms with van der Waals surface area (Å²) in [5.74, 6) is -1.12. The fraction of sp³-hybridized carbons (Fsp3) is 0.130. The number of allylic oxidation sites excluding steroid dienone is 1. The van der Waals surface area contributed by atoms with Gasteiger partial charge in [-0.2, -0.15) is 0 Å². The third kappa shape index (κ3) is 4.23. The Labute approximate surface area is 178 Å². The highest BCUT2D eigenvalue weighted by molar-refractivity contribution is 6.25. The van der Waals surface area contributed by atoms with Gasteiger partial charge in [-0.1, -0.05) is 47.6 Å². The fourth-order valence-corrected chi connectivity index (χ4v) is 3.14. The maximum absolute atomic E-state index is 12.9. The number of nitrogens with zero attached hydrogens (tertiary/aromatic N) is 2. The number of aromatic nitrogens is 1. The molecule has 2 N–H and O–H groups in total. The zero-order chi connectivity index (χ0) is 21.8. The number of carbonyl (C=O) groups excluding carboxylic acids is 2. The molecule has 0 saturated heterocycles. The third-order valence-electron chi connectivity index (χ3n) is 4.59. The molecule has 0 bridgehead atoms. The highest BCUT2D eigenvalue weighted by Gasteiger charge is 2.27. The second kappa shape index (κ2) is 8.66. The van der Waals surface area contributed by atoms with Crippen LogP contribution in [0.2, 0.25) is 0 Å². The minimum absolute atomic E-state index is 0.00657. The Morgan fingerprint density at radius 2 is 1.84 bits per heavy atom. The lowest BCUT2D eigenvalue weighted by molar-refractivity contribution is -0.137. The highest BCUT2D eigenvalue weighted by Crippen LogP contribution is 2.30. The molecule has 1 aliphatic heterocycles. The number of benzene rings is 2. The molecule has 1 aliphatic rings. The van der Waals surface area contributed by atoms with Crippen molar-refractivity contribution in [2.75, 3.05) is 11.9 Å². The number of para-hydroxylation sites is 2. The van der Waals surface area contributed by atoms with Crippen LogP contribution in [0.5, 0.6) is 0 Å². The van der Waals surface area contributed by atoms with Crippen molar-refractivity contribution in [2.45, 2.75) is 13.8 Å². The van der Waals surface area contributed by atoms with E-state index in [1.54, 1.807) is 19.9 Å². The molecular formula is C23H20N4O4. The fourth-order valence-electron chi connectivity index (χ4n) is 3.14. The average molecular weight is 416 g/mol. The van der Waals surface area contributed by atoms with Crippen molar-refractivity contribution < 1.29 is 18.8 Å². The summed E-state index contributed by atoms with van der Waals surface area (Å²) in [5, 5.41) is 9.80. The number of esters is 1. The Kier molecular flexibility index (Phi) is 5.61. The van der Waals surface area contributed by atoms with Gasteiger partial charge in [-0.05, 0) is 26.0 Å². The summed E-state index contributed by atoms with van der Waals surface area (Å²) >= 11 is 0. The van der Waals surface area contributed by atoms with Crippen molar-refractivity contribution in [1.29, 1.82) is 0 Å². The van der Waals surface area contributed by atoms with E-state index in [2.05, 4.69) is 20.8 Å². The molecule has 0 aliphatic carbocycles. The van der Waals surface area contributed by atoms with E-state index in [0.717, 1.165) is 5.56 Å². The van der Waals surface area contributed by atoms with Crippen molar-refractivity contribution in [3.8, 4) is 11.3 Å².